The molecule has 0 aromatic heterocycles. The van der Waals surface area contributed by atoms with Crippen LogP contribution in [-0.2, 0) is 13.1 Å². The zero-order chi connectivity index (χ0) is 21.2. The minimum absolute atomic E-state index is 0. The summed E-state index contributed by atoms with van der Waals surface area (Å²) in [5.74, 6) is 1.67. The predicted octanol–water partition coefficient (Wildman–Crippen LogP) is 4.49. The number of benzene rings is 2. The zero-order valence-electron chi connectivity index (χ0n) is 17.5. The van der Waals surface area contributed by atoms with Gasteiger partial charge in [-0.1, -0.05) is 24.3 Å². The van der Waals surface area contributed by atoms with Gasteiger partial charge in [-0.3, -0.25) is 4.99 Å². The van der Waals surface area contributed by atoms with E-state index in [1.165, 1.54) is 0 Å². The lowest BCUT2D eigenvalue weighted by Gasteiger charge is -2.17. The number of nitrogens with zero attached hydrogens (tertiary/aromatic N) is 1. The number of ether oxygens (including phenoxy) is 3. The SMILES string of the molecule is CCOc1cccc(CNC(=NC)NCc2ccc(OC)c(C)c2)c1OC(F)F.I. The van der Waals surface area contributed by atoms with Crippen LogP contribution in [0.25, 0.3) is 0 Å². The molecule has 0 amide bonds. The van der Waals surface area contributed by atoms with Gasteiger partial charge < -0.3 is 24.8 Å². The molecule has 0 spiro atoms. The van der Waals surface area contributed by atoms with E-state index in [-0.39, 0.29) is 42.0 Å². The molecule has 9 heteroatoms. The third-order valence-corrected chi connectivity index (χ3v) is 4.16. The van der Waals surface area contributed by atoms with Crippen LogP contribution < -0.4 is 24.8 Å². The summed E-state index contributed by atoms with van der Waals surface area (Å²) in [6, 6.07) is 10.9. The molecular weight excluding hydrogens is 507 g/mol. The Morgan fingerprint density at radius 2 is 1.83 bits per heavy atom. The van der Waals surface area contributed by atoms with E-state index >= 15 is 0 Å². The number of hydrogen-bond donors (Lipinski definition) is 2. The maximum Gasteiger partial charge on any atom is 0.387 e. The van der Waals surface area contributed by atoms with Crippen LogP contribution in [0.15, 0.2) is 41.4 Å². The molecule has 6 nitrogen and oxygen atoms in total. The Bertz CT molecular complexity index is 835. The molecule has 2 rings (SSSR count). The second kappa shape index (κ2) is 13.1. The van der Waals surface area contributed by atoms with Crippen molar-refractivity contribution >= 4 is 29.9 Å². The van der Waals surface area contributed by atoms with E-state index in [0.717, 1.165) is 16.9 Å². The van der Waals surface area contributed by atoms with Gasteiger partial charge in [-0.25, -0.2) is 0 Å². The molecule has 2 N–H and O–H groups in total. The first-order chi connectivity index (χ1) is 14.0. The van der Waals surface area contributed by atoms with Gasteiger partial charge in [0, 0.05) is 25.7 Å². The molecule has 0 fully saturated rings. The number of aliphatic imine (C=N–C) groups is 1. The van der Waals surface area contributed by atoms with Gasteiger partial charge in [-0.15, -0.1) is 24.0 Å². The van der Waals surface area contributed by atoms with Crippen LogP contribution in [0.2, 0.25) is 0 Å². The monoisotopic (exact) mass is 535 g/mol. The summed E-state index contributed by atoms with van der Waals surface area (Å²) in [5.41, 5.74) is 2.64. The number of methoxy groups -OCH3 is 1. The van der Waals surface area contributed by atoms with Crippen molar-refractivity contribution in [1.82, 2.24) is 10.6 Å². The predicted molar refractivity (Wildman–Crippen MR) is 124 cm³/mol. The summed E-state index contributed by atoms with van der Waals surface area (Å²) >= 11 is 0. The Balaban J connectivity index is 0.00000450. The van der Waals surface area contributed by atoms with Crippen LogP contribution in [0, 0.1) is 6.92 Å². The molecule has 30 heavy (non-hydrogen) atoms. The van der Waals surface area contributed by atoms with Crippen molar-refractivity contribution in [2.45, 2.75) is 33.5 Å². The normalized spacial score (nSPS) is 11.0. The lowest BCUT2D eigenvalue weighted by molar-refractivity contribution is -0.0520. The van der Waals surface area contributed by atoms with E-state index in [1.807, 2.05) is 25.1 Å². The maximum absolute atomic E-state index is 12.8. The second-order valence-electron chi connectivity index (χ2n) is 6.14. The van der Waals surface area contributed by atoms with E-state index in [0.29, 0.717) is 24.7 Å². The first kappa shape index (κ1) is 25.7. The average Bonchev–Trinajstić information content (AvgIpc) is 2.70. The van der Waals surface area contributed by atoms with Gasteiger partial charge in [0.1, 0.15) is 5.75 Å². The largest absolute Gasteiger partial charge is 0.496 e. The summed E-state index contributed by atoms with van der Waals surface area (Å²) in [6.45, 7) is 1.95. The van der Waals surface area contributed by atoms with Crippen molar-refractivity contribution in [3.8, 4) is 17.2 Å². The van der Waals surface area contributed by atoms with E-state index in [1.54, 1.807) is 39.3 Å². The van der Waals surface area contributed by atoms with Gasteiger partial charge in [0.15, 0.2) is 17.5 Å². The first-order valence-electron chi connectivity index (χ1n) is 9.26. The fourth-order valence-electron chi connectivity index (χ4n) is 2.83. The number of nitrogens with one attached hydrogen (secondary N) is 2. The van der Waals surface area contributed by atoms with E-state index in [2.05, 4.69) is 20.4 Å². The van der Waals surface area contributed by atoms with E-state index < -0.39 is 6.61 Å². The van der Waals surface area contributed by atoms with Crippen LogP contribution in [0.3, 0.4) is 0 Å². The average molecular weight is 535 g/mol. The number of para-hydroxylation sites is 1. The van der Waals surface area contributed by atoms with Gasteiger partial charge in [-0.05, 0) is 37.1 Å². The van der Waals surface area contributed by atoms with Crippen LogP contribution in [0.1, 0.15) is 23.6 Å². The second-order valence-corrected chi connectivity index (χ2v) is 6.14. The summed E-state index contributed by atoms with van der Waals surface area (Å²) in [7, 11) is 3.28. The lowest BCUT2D eigenvalue weighted by atomic mass is 10.1. The molecule has 0 bridgehead atoms. The summed E-state index contributed by atoms with van der Waals surface area (Å²) in [6.07, 6.45) is 0. The summed E-state index contributed by atoms with van der Waals surface area (Å²) in [4.78, 5) is 4.17. The fourth-order valence-corrected chi connectivity index (χ4v) is 2.83. The van der Waals surface area contributed by atoms with E-state index in [9.17, 15) is 8.78 Å². The number of halogens is 3. The molecule has 0 heterocycles. The number of rotatable bonds is 9. The molecular formula is C21H28F2IN3O3. The Labute approximate surface area is 193 Å². The molecule has 2 aromatic carbocycles. The molecule has 0 atom stereocenters. The van der Waals surface area contributed by atoms with Gasteiger partial charge in [-0.2, -0.15) is 8.78 Å². The van der Waals surface area contributed by atoms with Crippen LogP contribution in [0.5, 0.6) is 17.2 Å². The van der Waals surface area contributed by atoms with E-state index in [4.69, 9.17) is 9.47 Å². The molecule has 0 unspecified atom stereocenters. The van der Waals surface area contributed by atoms with Crippen molar-refractivity contribution in [2.75, 3.05) is 20.8 Å². The maximum atomic E-state index is 12.8. The Hall–Kier alpha value is -2.30. The standard InChI is InChI=1S/C21H27F2N3O3.HI/c1-5-28-18-8-6-7-16(19(18)29-20(22)23)13-26-21(24-3)25-12-15-9-10-17(27-4)14(2)11-15;/h6-11,20H,5,12-13H2,1-4H3,(H2,24,25,26);1H. The van der Waals surface area contributed by atoms with Crippen LogP contribution in [0.4, 0.5) is 8.78 Å². The highest BCUT2D eigenvalue weighted by Crippen LogP contribution is 2.32. The summed E-state index contributed by atoms with van der Waals surface area (Å²) < 4.78 is 41.0. The highest BCUT2D eigenvalue weighted by Gasteiger charge is 2.16. The highest BCUT2D eigenvalue weighted by molar-refractivity contribution is 14.0. The van der Waals surface area contributed by atoms with Crippen molar-refractivity contribution in [3.05, 3.63) is 53.1 Å². The van der Waals surface area contributed by atoms with Gasteiger partial charge in [0.25, 0.3) is 0 Å². The first-order valence-corrected chi connectivity index (χ1v) is 9.26. The minimum Gasteiger partial charge on any atom is -0.496 e. The molecule has 0 saturated heterocycles. The number of alkyl halides is 2. The van der Waals surface area contributed by atoms with Crippen molar-refractivity contribution in [3.63, 3.8) is 0 Å². The van der Waals surface area contributed by atoms with Crippen molar-refractivity contribution in [2.24, 2.45) is 4.99 Å². The minimum atomic E-state index is -2.94. The molecule has 0 aliphatic carbocycles. The number of aryl methyl sites for hydroxylation is 1. The number of guanidine groups is 1. The van der Waals surface area contributed by atoms with Crippen molar-refractivity contribution in [1.29, 1.82) is 0 Å². The molecule has 2 aromatic rings. The van der Waals surface area contributed by atoms with Crippen LogP contribution >= 0.6 is 24.0 Å². The Kier molecular flexibility index (Phi) is 11.2. The highest BCUT2D eigenvalue weighted by atomic mass is 127. The molecule has 0 radical (unpaired) electrons. The smallest absolute Gasteiger partial charge is 0.387 e. The number of hydrogen-bond acceptors (Lipinski definition) is 4. The molecule has 0 saturated carbocycles. The van der Waals surface area contributed by atoms with Crippen molar-refractivity contribution < 1.29 is 23.0 Å². The Morgan fingerprint density at radius 3 is 2.43 bits per heavy atom. The molecule has 0 aliphatic heterocycles. The molecule has 166 valence electrons. The fraction of sp³-hybridized carbons (Fsp3) is 0.381. The van der Waals surface area contributed by atoms with Gasteiger partial charge >= 0.3 is 6.61 Å². The lowest BCUT2D eigenvalue weighted by Crippen LogP contribution is -2.36. The molecule has 0 aliphatic rings. The van der Waals surface area contributed by atoms with Crippen LogP contribution in [-0.4, -0.2) is 33.3 Å². The quantitative estimate of drug-likeness (QED) is 0.282. The Morgan fingerprint density at radius 1 is 1.10 bits per heavy atom. The topological polar surface area (TPSA) is 64.1 Å². The van der Waals surface area contributed by atoms with Gasteiger partial charge in [0.05, 0.1) is 13.7 Å². The summed E-state index contributed by atoms with van der Waals surface area (Å²) in [5, 5.41) is 6.31. The van der Waals surface area contributed by atoms with Gasteiger partial charge in [0.2, 0.25) is 0 Å². The zero-order valence-corrected chi connectivity index (χ0v) is 19.8. The third kappa shape index (κ3) is 7.51. The third-order valence-electron chi connectivity index (χ3n) is 4.16.